The maximum atomic E-state index is 12.1. The molecule has 4 nitrogen and oxygen atoms in total. The summed E-state index contributed by atoms with van der Waals surface area (Å²) >= 11 is 6.06. The van der Waals surface area contributed by atoms with Gasteiger partial charge >= 0.3 is 0 Å². The molecule has 3 aromatic rings. The van der Waals surface area contributed by atoms with Crippen molar-refractivity contribution < 1.29 is 4.79 Å². The molecular weight excluding hydrogens is 298 g/mol. The summed E-state index contributed by atoms with van der Waals surface area (Å²) in [6.45, 7) is 2.48. The van der Waals surface area contributed by atoms with Gasteiger partial charge in [0, 0.05) is 23.7 Å². The Balaban J connectivity index is 1.66. The van der Waals surface area contributed by atoms with Gasteiger partial charge in [-0.15, -0.1) is 0 Å². The number of anilines is 1. The predicted octanol–water partition coefficient (Wildman–Crippen LogP) is 4.03. The first-order valence-electron chi connectivity index (χ1n) is 7.10. The molecule has 1 heterocycles. The lowest BCUT2D eigenvalue weighted by Crippen LogP contribution is -2.15. The second kappa shape index (κ2) is 6.20. The molecular formula is C17H16ClN3O. The van der Waals surface area contributed by atoms with Crippen molar-refractivity contribution in [2.24, 2.45) is 0 Å². The Hall–Kier alpha value is -2.33. The lowest BCUT2D eigenvalue weighted by Gasteiger charge is -2.10. The normalized spacial score (nSPS) is 10.8. The average Bonchev–Trinajstić information content (AvgIpc) is 2.93. The number of carbonyl (C=O) groups excluding carboxylic acids is 1. The molecule has 3 rings (SSSR count). The number of benzene rings is 2. The first kappa shape index (κ1) is 14.6. The quantitative estimate of drug-likeness (QED) is 0.790. The van der Waals surface area contributed by atoms with Crippen molar-refractivity contribution >= 4 is 34.2 Å². The fraction of sp³-hybridized carbons (Fsp3) is 0.176. The molecule has 1 aromatic heterocycles. The molecule has 0 bridgehead atoms. The van der Waals surface area contributed by atoms with Crippen LogP contribution in [0.5, 0.6) is 0 Å². The van der Waals surface area contributed by atoms with Crippen LogP contribution < -0.4 is 5.32 Å². The van der Waals surface area contributed by atoms with E-state index in [4.69, 9.17) is 11.6 Å². The number of aryl methyl sites for hydroxylation is 1. The summed E-state index contributed by atoms with van der Waals surface area (Å²) in [5.41, 5.74) is 3.61. The van der Waals surface area contributed by atoms with Crippen LogP contribution in [-0.4, -0.2) is 15.5 Å². The minimum Gasteiger partial charge on any atom is -0.330 e. The Morgan fingerprint density at radius 3 is 2.91 bits per heavy atom. The Morgan fingerprint density at radius 1 is 1.23 bits per heavy atom. The highest BCUT2D eigenvalue weighted by atomic mass is 35.5. The molecule has 22 heavy (non-hydrogen) atoms. The molecule has 0 aliphatic heterocycles. The third-order valence-electron chi connectivity index (χ3n) is 3.65. The highest BCUT2D eigenvalue weighted by Gasteiger charge is 2.08. The molecule has 0 aliphatic carbocycles. The number of hydrogen-bond acceptors (Lipinski definition) is 2. The van der Waals surface area contributed by atoms with Gasteiger partial charge in [0.1, 0.15) is 0 Å². The van der Waals surface area contributed by atoms with E-state index in [1.54, 1.807) is 6.33 Å². The molecule has 0 spiro atoms. The van der Waals surface area contributed by atoms with Gasteiger partial charge in [0.2, 0.25) is 5.91 Å². The zero-order valence-corrected chi connectivity index (χ0v) is 13.0. The fourth-order valence-electron chi connectivity index (χ4n) is 2.37. The third-order valence-corrected chi connectivity index (χ3v) is 4.06. The molecule has 0 atom stereocenters. The van der Waals surface area contributed by atoms with Crippen LogP contribution in [0.3, 0.4) is 0 Å². The number of nitrogens with one attached hydrogen (secondary N) is 1. The molecule has 1 N–H and O–H groups in total. The minimum atomic E-state index is -0.0388. The summed E-state index contributed by atoms with van der Waals surface area (Å²) < 4.78 is 1.99. The largest absolute Gasteiger partial charge is 0.330 e. The van der Waals surface area contributed by atoms with Crippen LogP contribution in [-0.2, 0) is 11.3 Å². The van der Waals surface area contributed by atoms with Gasteiger partial charge in [-0.3, -0.25) is 4.79 Å². The van der Waals surface area contributed by atoms with Gasteiger partial charge in [0.25, 0.3) is 0 Å². The number of imidazole rings is 1. The van der Waals surface area contributed by atoms with Crippen LogP contribution in [0.2, 0.25) is 5.02 Å². The fourth-order valence-corrected chi connectivity index (χ4v) is 2.54. The van der Waals surface area contributed by atoms with Crippen molar-refractivity contribution in [2.75, 3.05) is 5.32 Å². The Labute approximate surface area is 133 Å². The third kappa shape index (κ3) is 2.97. The average molecular weight is 314 g/mol. The number of fused-ring (bicyclic) bond motifs is 1. The summed E-state index contributed by atoms with van der Waals surface area (Å²) in [5.74, 6) is -0.0388. The van der Waals surface area contributed by atoms with Gasteiger partial charge in [-0.2, -0.15) is 0 Å². The van der Waals surface area contributed by atoms with Crippen molar-refractivity contribution in [1.82, 2.24) is 9.55 Å². The van der Waals surface area contributed by atoms with E-state index in [-0.39, 0.29) is 5.91 Å². The topological polar surface area (TPSA) is 46.9 Å². The molecule has 112 valence electrons. The number of aromatic nitrogens is 2. The van der Waals surface area contributed by atoms with E-state index in [1.807, 2.05) is 54.0 Å². The number of amides is 1. The van der Waals surface area contributed by atoms with E-state index in [2.05, 4.69) is 10.3 Å². The number of hydrogen-bond donors (Lipinski definition) is 1. The van der Waals surface area contributed by atoms with Crippen LogP contribution in [0, 0.1) is 6.92 Å². The van der Waals surface area contributed by atoms with Crippen LogP contribution in [0.15, 0.2) is 48.8 Å². The Morgan fingerprint density at radius 2 is 2.05 bits per heavy atom. The number of carbonyl (C=O) groups is 1. The van der Waals surface area contributed by atoms with Gasteiger partial charge in [-0.1, -0.05) is 29.8 Å². The zero-order valence-electron chi connectivity index (χ0n) is 12.2. The molecule has 0 saturated carbocycles. The predicted molar refractivity (Wildman–Crippen MR) is 89.2 cm³/mol. The molecule has 5 heteroatoms. The molecule has 1 amide bonds. The second-order valence-corrected chi connectivity index (χ2v) is 5.54. The van der Waals surface area contributed by atoms with Crippen molar-refractivity contribution in [2.45, 2.75) is 19.9 Å². The Kier molecular flexibility index (Phi) is 4.11. The maximum Gasteiger partial charge on any atom is 0.226 e. The molecule has 0 saturated heterocycles. The van der Waals surface area contributed by atoms with E-state index >= 15 is 0 Å². The molecule has 0 unspecified atom stereocenters. The number of para-hydroxylation sites is 2. The van der Waals surface area contributed by atoms with Gasteiger partial charge in [-0.25, -0.2) is 4.98 Å². The van der Waals surface area contributed by atoms with Crippen LogP contribution >= 0.6 is 11.6 Å². The summed E-state index contributed by atoms with van der Waals surface area (Å²) in [6, 6.07) is 13.4. The zero-order chi connectivity index (χ0) is 15.5. The van der Waals surface area contributed by atoms with Crippen molar-refractivity contribution in [3.05, 3.63) is 59.4 Å². The molecule has 0 fully saturated rings. The van der Waals surface area contributed by atoms with Gasteiger partial charge in [0.15, 0.2) is 0 Å². The van der Waals surface area contributed by atoms with Gasteiger partial charge in [-0.05, 0) is 36.8 Å². The van der Waals surface area contributed by atoms with E-state index in [0.717, 1.165) is 22.3 Å². The lowest BCUT2D eigenvalue weighted by atomic mass is 10.2. The van der Waals surface area contributed by atoms with Gasteiger partial charge in [0.05, 0.1) is 17.4 Å². The first-order valence-corrected chi connectivity index (χ1v) is 7.48. The smallest absolute Gasteiger partial charge is 0.226 e. The summed E-state index contributed by atoms with van der Waals surface area (Å²) in [4.78, 5) is 16.4. The van der Waals surface area contributed by atoms with Crippen LogP contribution in [0.1, 0.15) is 12.0 Å². The standard InChI is InChI=1S/C17H16ClN3O/c1-12-13(18)5-4-7-14(12)20-17(22)9-10-21-11-19-15-6-2-3-8-16(15)21/h2-8,11H,9-10H2,1H3,(H,20,22). The van der Waals surface area contributed by atoms with Gasteiger partial charge < -0.3 is 9.88 Å². The number of nitrogens with zero attached hydrogens (tertiary/aromatic N) is 2. The van der Waals surface area contributed by atoms with E-state index < -0.39 is 0 Å². The molecule has 0 radical (unpaired) electrons. The number of halogens is 1. The minimum absolute atomic E-state index is 0.0388. The highest BCUT2D eigenvalue weighted by Crippen LogP contribution is 2.23. The number of rotatable bonds is 4. The van der Waals surface area contributed by atoms with E-state index in [9.17, 15) is 4.79 Å². The molecule has 0 aliphatic rings. The summed E-state index contributed by atoms with van der Waals surface area (Å²) in [5, 5.41) is 3.56. The second-order valence-electron chi connectivity index (χ2n) is 5.14. The first-order chi connectivity index (χ1) is 10.6. The SMILES string of the molecule is Cc1c(Cl)cccc1NC(=O)CCn1cnc2ccccc21. The van der Waals surface area contributed by atoms with E-state index in [1.165, 1.54) is 0 Å². The van der Waals surface area contributed by atoms with Crippen LogP contribution in [0.4, 0.5) is 5.69 Å². The molecule has 2 aromatic carbocycles. The monoisotopic (exact) mass is 313 g/mol. The van der Waals surface area contributed by atoms with Crippen molar-refractivity contribution in [3.8, 4) is 0 Å². The Bertz CT molecular complexity index is 826. The van der Waals surface area contributed by atoms with E-state index in [0.29, 0.717) is 18.0 Å². The highest BCUT2D eigenvalue weighted by molar-refractivity contribution is 6.31. The summed E-state index contributed by atoms with van der Waals surface area (Å²) in [6.07, 6.45) is 2.15. The van der Waals surface area contributed by atoms with Crippen LogP contribution in [0.25, 0.3) is 11.0 Å². The lowest BCUT2D eigenvalue weighted by molar-refractivity contribution is -0.116. The maximum absolute atomic E-state index is 12.1. The summed E-state index contributed by atoms with van der Waals surface area (Å²) in [7, 11) is 0. The van der Waals surface area contributed by atoms with Crippen molar-refractivity contribution in [3.63, 3.8) is 0 Å². The van der Waals surface area contributed by atoms with Crippen molar-refractivity contribution in [1.29, 1.82) is 0 Å².